The molecule has 2 aromatic rings. The summed E-state index contributed by atoms with van der Waals surface area (Å²) in [5, 5.41) is 10.6. The fourth-order valence-electron chi connectivity index (χ4n) is 2.33. The van der Waals surface area contributed by atoms with Crippen molar-refractivity contribution in [1.29, 1.82) is 0 Å². The van der Waals surface area contributed by atoms with Gasteiger partial charge in [0.05, 0.1) is 0 Å². The van der Waals surface area contributed by atoms with E-state index in [4.69, 9.17) is 0 Å². The number of aryl methyl sites for hydroxylation is 1. The van der Waals surface area contributed by atoms with Crippen LogP contribution in [0.1, 0.15) is 23.2 Å². The summed E-state index contributed by atoms with van der Waals surface area (Å²) >= 11 is 0. The maximum atomic E-state index is 10.6. The lowest BCUT2D eigenvalue weighted by atomic mass is 9.96. The summed E-state index contributed by atoms with van der Waals surface area (Å²) in [6.45, 7) is 0. The first-order chi connectivity index (χ1) is 8.78. The summed E-state index contributed by atoms with van der Waals surface area (Å²) in [6.07, 6.45) is 3.24. The zero-order chi connectivity index (χ0) is 12.4. The molecule has 1 atom stereocenters. The number of pyridine rings is 1. The highest BCUT2D eigenvalue weighted by Crippen LogP contribution is 2.36. The number of aromatic nitrogens is 1. The van der Waals surface area contributed by atoms with Crippen LogP contribution in [-0.4, -0.2) is 10.1 Å². The number of aliphatic hydroxyl groups is 1. The summed E-state index contributed by atoms with van der Waals surface area (Å²) in [4.78, 5) is 4.14. The van der Waals surface area contributed by atoms with Gasteiger partial charge in [-0.1, -0.05) is 36.3 Å². The molecular formula is C16H13NO. The van der Waals surface area contributed by atoms with Crippen LogP contribution in [0.15, 0.2) is 48.7 Å². The first-order valence-corrected chi connectivity index (χ1v) is 6.03. The Hall–Kier alpha value is -2.11. The lowest BCUT2D eigenvalue weighted by Gasteiger charge is -2.16. The minimum Gasteiger partial charge on any atom is -0.373 e. The average molecular weight is 235 g/mol. The van der Waals surface area contributed by atoms with Gasteiger partial charge in [-0.3, -0.25) is 0 Å². The third-order valence-electron chi connectivity index (χ3n) is 3.28. The van der Waals surface area contributed by atoms with Crippen molar-refractivity contribution in [3.05, 3.63) is 65.5 Å². The molecule has 1 aromatic heterocycles. The van der Waals surface area contributed by atoms with Crippen molar-refractivity contribution in [2.75, 3.05) is 0 Å². The molecule has 3 rings (SSSR count). The van der Waals surface area contributed by atoms with Gasteiger partial charge in [-0.25, -0.2) is 4.98 Å². The van der Waals surface area contributed by atoms with Crippen LogP contribution in [0.3, 0.4) is 0 Å². The molecule has 2 nitrogen and oxygen atoms in total. The Morgan fingerprint density at radius 2 is 1.94 bits per heavy atom. The Kier molecular flexibility index (Phi) is 2.62. The van der Waals surface area contributed by atoms with Crippen LogP contribution in [0.25, 0.3) is 0 Å². The molecule has 1 aromatic carbocycles. The second-order valence-electron chi connectivity index (χ2n) is 4.48. The molecule has 0 fully saturated rings. The van der Waals surface area contributed by atoms with Gasteiger partial charge in [-0.2, -0.15) is 0 Å². The SMILES string of the molecule is OC1(C#Cc2ccccn2)CCc2ccccc21. The number of benzene rings is 1. The molecule has 1 aliphatic rings. The van der Waals surface area contributed by atoms with Gasteiger partial charge in [-0.05, 0) is 42.0 Å². The molecule has 0 saturated heterocycles. The van der Waals surface area contributed by atoms with Crippen LogP contribution in [0, 0.1) is 11.8 Å². The number of nitrogens with zero attached hydrogens (tertiary/aromatic N) is 1. The zero-order valence-corrected chi connectivity index (χ0v) is 9.93. The van der Waals surface area contributed by atoms with Crippen molar-refractivity contribution in [3.8, 4) is 11.8 Å². The molecule has 1 unspecified atom stereocenters. The molecule has 88 valence electrons. The Balaban J connectivity index is 1.97. The van der Waals surface area contributed by atoms with E-state index in [0.717, 1.165) is 12.0 Å². The monoisotopic (exact) mass is 235 g/mol. The third-order valence-corrected chi connectivity index (χ3v) is 3.28. The summed E-state index contributed by atoms with van der Waals surface area (Å²) in [5.74, 6) is 5.93. The second-order valence-corrected chi connectivity index (χ2v) is 4.48. The molecule has 1 N–H and O–H groups in total. The Labute approximate surface area is 106 Å². The Morgan fingerprint density at radius 1 is 1.11 bits per heavy atom. The van der Waals surface area contributed by atoms with Crippen LogP contribution in [-0.2, 0) is 12.0 Å². The molecule has 1 heterocycles. The van der Waals surface area contributed by atoms with Crippen molar-refractivity contribution in [2.45, 2.75) is 18.4 Å². The van der Waals surface area contributed by atoms with Crippen molar-refractivity contribution < 1.29 is 5.11 Å². The van der Waals surface area contributed by atoms with E-state index in [0.29, 0.717) is 12.1 Å². The minimum absolute atomic E-state index is 0.659. The van der Waals surface area contributed by atoms with E-state index in [1.165, 1.54) is 5.56 Å². The van der Waals surface area contributed by atoms with Crippen LogP contribution >= 0.6 is 0 Å². The Bertz CT molecular complexity index is 624. The van der Waals surface area contributed by atoms with Gasteiger partial charge in [0.1, 0.15) is 5.69 Å². The summed E-state index contributed by atoms with van der Waals surface area (Å²) in [7, 11) is 0. The van der Waals surface area contributed by atoms with Crippen molar-refractivity contribution in [1.82, 2.24) is 4.98 Å². The van der Waals surface area contributed by atoms with E-state index in [-0.39, 0.29) is 0 Å². The van der Waals surface area contributed by atoms with E-state index in [1.807, 2.05) is 36.4 Å². The highest BCUT2D eigenvalue weighted by atomic mass is 16.3. The van der Waals surface area contributed by atoms with E-state index in [2.05, 4.69) is 22.9 Å². The standard InChI is InChI=1S/C16H13NO/c18-16(11-9-14-6-3-4-12-17-14)10-8-13-5-1-2-7-15(13)16/h1-7,12,18H,8,10H2. The van der Waals surface area contributed by atoms with Gasteiger partial charge in [0, 0.05) is 6.20 Å². The third kappa shape index (κ3) is 1.90. The molecule has 0 radical (unpaired) electrons. The van der Waals surface area contributed by atoms with Crippen LogP contribution in [0.4, 0.5) is 0 Å². The van der Waals surface area contributed by atoms with Crippen LogP contribution < -0.4 is 0 Å². The van der Waals surface area contributed by atoms with Gasteiger partial charge >= 0.3 is 0 Å². The quantitative estimate of drug-likeness (QED) is 0.710. The van der Waals surface area contributed by atoms with Crippen molar-refractivity contribution in [3.63, 3.8) is 0 Å². The number of hydrogen-bond donors (Lipinski definition) is 1. The first kappa shape index (κ1) is 11.0. The number of rotatable bonds is 0. The van der Waals surface area contributed by atoms with E-state index in [1.54, 1.807) is 6.20 Å². The summed E-state index contributed by atoms with van der Waals surface area (Å²) < 4.78 is 0. The molecule has 0 spiro atoms. The van der Waals surface area contributed by atoms with Gasteiger partial charge in [0.2, 0.25) is 0 Å². The van der Waals surface area contributed by atoms with Crippen molar-refractivity contribution in [2.24, 2.45) is 0 Å². The van der Waals surface area contributed by atoms with Crippen LogP contribution in [0.5, 0.6) is 0 Å². The predicted molar refractivity (Wildman–Crippen MR) is 69.8 cm³/mol. The highest BCUT2D eigenvalue weighted by molar-refractivity contribution is 5.44. The largest absolute Gasteiger partial charge is 0.373 e. The van der Waals surface area contributed by atoms with Gasteiger partial charge < -0.3 is 5.11 Å². The Morgan fingerprint density at radius 3 is 2.78 bits per heavy atom. The van der Waals surface area contributed by atoms with Gasteiger partial charge in [0.25, 0.3) is 0 Å². The van der Waals surface area contributed by atoms with E-state index >= 15 is 0 Å². The molecule has 1 aliphatic carbocycles. The van der Waals surface area contributed by atoms with E-state index < -0.39 is 5.60 Å². The maximum absolute atomic E-state index is 10.6. The number of fused-ring (bicyclic) bond motifs is 1. The molecule has 0 aliphatic heterocycles. The average Bonchev–Trinajstić information content (AvgIpc) is 2.77. The fraction of sp³-hybridized carbons (Fsp3) is 0.188. The molecule has 0 amide bonds. The summed E-state index contributed by atoms with van der Waals surface area (Å²) in [6, 6.07) is 13.5. The fourth-order valence-corrected chi connectivity index (χ4v) is 2.33. The second kappa shape index (κ2) is 4.29. The highest BCUT2D eigenvalue weighted by Gasteiger charge is 2.34. The maximum Gasteiger partial charge on any atom is 0.151 e. The molecule has 2 heteroatoms. The normalized spacial score (nSPS) is 20.9. The molecule has 18 heavy (non-hydrogen) atoms. The van der Waals surface area contributed by atoms with Gasteiger partial charge in [-0.15, -0.1) is 0 Å². The lowest BCUT2D eigenvalue weighted by Crippen LogP contribution is -2.19. The molecule has 0 bridgehead atoms. The zero-order valence-electron chi connectivity index (χ0n) is 9.93. The first-order valence-electron chi connectivity index (χ1n) is 6.03. The van der Waals surface area contributed by atoms with Gasteiger partial charge in [0.15, 0.2) is 5.60 Å². The smallest absolute Gasteiger partial charge is 0.151 e. The lowest BCUT2D eigenvalue weighted by molar-refractivity contribution is 0.102. The minimum atomic E-state index is -1.02. The van der Waals surface area contributed by atoms with E-state index in [9.17, 15) is 5.11 Å². The van der Waals surface area contributed by atoms with Crippen molar-refractivity contribution >= 4 is 0 Å². The topological polar surface area (TPSA) is 33.1 Å². The molecule has 0 saturated carbocycles. The summed E-state index contributed by atoms with van der Waals surface area (Å²) in [5.41, 5.74) is 1.80. The number of hydrogen-bond acceptors (Lipinski definition) is 2. The van der Waals surface area contributed by atoms with Crippen LogP contribution in [0.2, 0.25) is 0 Å². The predicted octanol–water partition coefficient (Wildman–Crippen LogP) is 2.27. The molecular weight excluding hydrogens is 222 g/mol.